The number of halogens is 1. The van der Waals surface area contributed by atoms with Crippen molar-refractivity contribution in [3.05, 3.63) is 59.1 Å². The molecule has 3 rings (SSSR count). The summed E-state index contributed by atoms with van der Waals surface area (Å²) < 4.78 is 5.07. The number of amides is 1. The molecule has 120 valence electrons. The smallest absolute Gasteiger partial charge is 0.303 e. The predicted octanol–water partition coefficient (Wildman–Crippen LogP) is 1.62. The minimum atomic E-state index is -2.56. The Bertz CT molecular complexity index is 716. The zero-order valence-corrected chi connectivity index (χ0v) is 13.0. The summed E-state index contributed by atoms with van der Waals surface area (Å²) in [5.74, 6) is -2.79. The van der Waals surface area contributed by atoms with E-state index in [1.54, 1.807) is 48.5 Å². The average Bonchev–Trinajstić information content (AvgIpc) is 2.79. The van der Waals surface area contributed by atoms with Crippen LogP contribution in [0.25, 0.3) is 0 Å². The van der Waals surface area contributed by atoms with E-state index < -0.39 is 17.7 Å². The van der Waals surface area contributed by atoms with Gasteiger partial charge in [-0.05, 0) is 42.0 Å². The molecular formula is C16H15ClN2O4. The van der Waals surface area contributed by atoms with E-state index in [2.05, 4.69) is 5.43 Å². The number of hydrogen-bond acceptors (Lipinski definition) is 5. The number of hydrazine groups is 1. The number of aliphatic hydroxyl groups is 2. The van der Waals surface area contributed by atoms with Crippen LogP contribution < -0.4 is 15.2 Å². The first-order chi connectivity index (χ1) is 10.9. The Labute approximate surface area is 137 Å². The normalized spacial score (nSPS) is 19.9. The Hall–Kier alpha value is -2.12. The molecule has 1 saturated heterocycles. The van der Waals surface area contributed by atoms with Crippen LogP contribution in [0.5, 0.6) is 5.75 Å². The van der Waals surface area contributed by atoms with E-state index in [0.717, 1.165) is 5.01 Å². The second kappa shape index (κ2) is 5.82. The van der Waals surface area contributed by atoms with E-state index >= 15 is 0 Å². The predicted molar refractivity (Wildman–Crippen MR) is 85.0 cm³/mol. The van der Waals surface area contributed by atoms with Crippen molar-refractivity contribution in [2.24, 2.45) is 0 Å². The molecular weight excluding hydrogens is 320 g/mol. The molecule has 2 aromatic rings. The first kappa shape index (κ1) is 15.8. The highest BCUT2D eigenvalue weighted by Crippen LogP contribution is 2.34. The van der Waals surface area contributed by atoms with Crippen molar-refractivity contribution < 1.29 is 19.7 Å². The van der Waals surface area contributed by atoms with E-state index in [9.17, 15) is 15.0 Å². The summed E-state index contributed by atoms with van der Waals surface area (Å²) in [5.41, 5.74) is 3.82. The van der Waals surface area contributed by atoms with E-state index in [4.69, 9.17) is 16.3 Å². The summed E-state index contributed by atoms with van der Waals surface area (Å²) in [5, 5.41) is 22.1. The van der Waals surface area contributed by atoms with Crippen LogP contribution in [0.15, 0.2) is 48.5 Å². The van der Waals surface area contributed by atoms with Crippen LogP contribution in [0.4, 0.5) is 5.69 Å². The Morgan fingerprint density at radius 3 is 2.30 bits per heavy atom. The van der Waals surface area contributed by atoms with E-state index in [-0.39, 0.29) is 0 Å². The topological polar surface area (TPSA) is 82.0 Å². The fourth-order valence-electron chi connectivity index (χ4n) is 2.45. The van der Waals surface area contributed by atoms with Crippen LogP contribution in [0.1, 0.15) is 11.6 Å². The summed E-state index contributed by atoms with van der Waals surface area (Å²) in [6.45, 7) is 0. The molecule has 1 fully saturated rings. The lowest BCUT2D eigenvalue weighted by Crippen LogP contribution is -2.42. The fraction of sp³-hybridized carbons (Fsp3) is 0.188. The second-order valence-corrected chi connectivity index (χ2v) is 5.61. The van der Waals surface area contributed by atoms with Gasteiger partial charge in [-0.25, -0.2) is 10.4 Å². The summed E-state index contributed by atoms with van der Waals surface area (Å²) in [6, 6.07) is 12.1. The molecule has 0 radical (unpaired) electrons. The maximum atomic E-state index is 12.3. The monoisotopic (exact) mass is 334 g/mol. The number of hydrogen-bond donors (Lipinski definition) is 3. The number of ether oxygens (including phenoxy) is 1. The molecule has 0 bridgehead atoms. The van der Waals surface area contributed by atoms with Crippen molar-refractivity contribution in [1.29, 1.82) is 0 Å². The van der Waals surface area contributed by atoms with Crippen molar-refractivity contribution in [2.75, 3.05) is 12.1 Å². The third-order valence-electron chi connectivity index (χ3n) is 3.71. The molecule has 0 spiro atoms. The van der Waals surface area contributed by atoms with Gasteiger partial charge in [0.05, 0.1) is 12.8 Å². The minimum absolute atomic E-state index is 0.472. The quantitative estimate of drug-likeness (QED) is 0.743. The van der Waals surface area contributed by atoms with E-state index in [1.807, 2.05) is 0 Å². The maximum Gasteiger partial charge on any atom is 0.303 e. The minimum Gasteiger partial charge on any atom is -0.497 e. The lowest BCUT2D eigenvalue weighted by atomic mass is 10.00. The number of benzene rings is 2. The third-order valence-corrected chi connectivity index (χ3v) is 3.96. The van der Waals surface area contributed by atoms with Crippen LogP contribution in [0, 0.1) is 0 Å². The Kier molecular flexibility index (Phi) is 3.99. The molecule has 7 heteroatoms. The SMILES string of the molecule is COc1ccc(N2NC(c3ccc(Cl)cc3)C(O)(O)C2=O)cc1. The van der Waals surface area contributed by atoms with Gasteiger partial charge in [-0.2, -0.15) is 0 Å². The zero-order valence-electron chi connectivity index (χ0n) is 12.2. The Morgan fingerprint density at radius 2 is 1.74 bits per heavy atom. The lowest BCUT2D eigenvalue weighted by molar-refractivity contribution is -0.182. The zero-order chi connectivity index (χ0) is 16.6. The van der Waals surface area contributed by atoms with Crippen molar-refractivity contribution in [3.63, 3.8) is 0 Å². The van der Waals surface area contributed by atoms with Crippen LogP contribution in [0.2, 0.25) is 5.02 Å². The number of nitrogens with zero attached hydrogens (tertiary/aromatic N) is 1. The molecule has 23 heavy (non-hydrogen) atoms. The van der Waals surface area contributed by atoms with Gasteiger partial charge in [-0.3, -0.25) is 4.79 Å². The highest BCUT2D eigenvalue weighted by atomic mass is 35.5. The van der Waals surface area contributed by atoms with Gasteiger partial charge in [0.2, 0.25) is 0 Å². The largest absolute Gasteiger partial charge is 0.497 e. The van der Waals surface area contributed by atoms with Gasteiger partial charge >= 0.3 is 5.91 Å². The number of rotatable bonds is 3. The number of methoxy groups -OCH3 is 1. The second-order valence-electron chi connectivity index (χ2n) is 5.18. The molecule has 6 nitrogen and oxygen atoms in total. The first-order valence-corrected chi connectivity index (χ1v) is 7.26. The van der Waals surface area contributed by atoms with Crippen molar-refractivity contribution >= 4 is 23.2 Å². The molecule has 1 aliphatic heterocycles. The van der Waals surface area contributed by atoms with Crippen molar-refractivity contribution in [2.45, 2.75) is 11.8 Å². The van der Waals surface area contributed by atoms with Crippen molar-refractivity contribution in [3.8, 4) is 5.75 Å². The molecule has 1 unspecified atom stereocenters. The van der Waals surface area contributed by atoms with Gasteiger partial charge in [-0.1, -0.05) is 23.7 Å². The van der Waals surface area contributed by atoms with Gasteiger partial charge in [-0.15, -0.1) is 0 Å². The van der Waals surface area contributed by atoms with E-state index in [0.29, 0.717) is 22.0 Å². The van der Waals surface area contributed by atoms with Gasteiger partial charge in [0, 0.05) is 5.02 Å². The highest BCUT2D eigenvalue weighted by molar-refractivity contribution is 6.30. The Morgan fingerprint density at radius 1 is 1.13 bits per heavy atom. The molecule has 0 aliphatic carbocycles. The summed E-state index contributed by atoms with van der Waals surface area (Å²) >= 11 is 5.84. The standard InChI is InChI=1S/C16H15ClN2O4/c1-23-13-8-6-12(7-9-13)19-15(20)16(21,22)14(18-19)10-2-4-11(17)5-3-10/h2-9,14,18,21-22H,1H3. The van der Waals surface area contributed by atoms with Crippen LogP contribution in [0.3, 0.4) is 0 Å². The van der Waals surface area contributed by atoms with Crippen LogP contribution in [-0.4, -0.2) is 29.0 Å². The number of carbonyl (C=O) groups is 1. The maximum absolute atomic E-state index is 12.3. The van der Waals surface area contributed by atoms with Crippen molar-refractivity contribution in [1.82, 2.24) is 5.43 Å². The molecule has 0 saturated carbocycles. The van der Waals surface area contributed by atoms with Gasteiger partial charge < -0.3 is 14.9 Å². The van der Waals surface area contributed by atoms with Gasteiger partial charge in [0.25, 0.3) is 5.79 Å². The van der Waals surface area contributed by atoms with Crippen LogP contribution in [-0.2, 0) is 4.79 Å². The molecule has 1 amide bonds. The number of nitrogens with one attached hydrogen (secondary N) is 1. The van der Waals surface area contributed by atoms with E-state index in [1.165, 1.54) is 7.11 Å². The average molecular weight is 335 g/mol. The van der Waals surface area contributed by atoms with Gasteiger partial charge in [0.15, 0.2) is 0 Å². The summed E-state index contributed by atoms with van der Waals surface area (Å²) in [6.07, 6.45) is 0. The van der Waals surface area contributed by atoms with Crippen LogP contribution >= 0.6 is 11.6 Å². The van der Waals surface area contributed by atoms with Gasteiger partial charge in [0.1, 0.15) is 11.8 Å². The third kappa shape index (κ3) is 2.77. The highest BCUT2D eigenvalue weighted by Gasteiger charge is 2.53. The summed E-state index contributed by atoms with van der Waals surface area (Å²) in [7, 11) is 1.54. The molecule has 2 aromatic carbocycles. The fourth-order valence-corrected chi connectivity index (χ4v) is 2.58. The summed E-state index contributed by atoms with van der Waals surface area (Å²) in [4.78, 5) is 12.3. The number of carbonyl (C=O) groups excluding carboxylic acids is 1. The first-order valence-electron chi connectivity index (χ1n) is 6.88. The number of anilines is 1. The lowest BCUT2D eigenvalue weighted by Gasteiger charge is -2.20. The molecule has 1 aliphatic rings. The molecule has 1 atom stereocenters. The molecule has 1 heterocycles. The molecule has 3 N–H and O–H groups in total. The molecule has 0 aromatic heterocycles. The Balaban J connectivity index is 1.92.